The Morgan fingerprint density at radius 3 is 3.00 bits per heavy atom. The maximum atomic E-state index is 8.65. The van der Waals surface area contributed by atoms with Gasteiger partial charge in [0, 0.05) is 6.04 Å². The molecule has 0 aromatic rings. The summed E-state index contributed by atoms with van der Waals surface area (Å²) in [7, 11) is 0. The Morgan fingerprint density at radius 2 is 2.33 bits per heavy atom. The SMILES string of the molecule is CCN1CCCCC1/C=C\CO. The molecule has 1 rings (SSSR count). The fourth-order valence-electron chi connectivity index (χ4n) is 1.85. The number of piperidine rings is 1. The van der Waals surface area contributed by atoms with Crippen molar-refractivity contribution in [3.8, 4) is 0 Å². The van der Waals surface area contributed by atoms with Gasteiger partial charge in [0.2, 0.25) is 0 Å². The molecule has 70 valence electrons. The molecule has 1 fully saturated rings. The summed E-state index contributed by atoms with van der Waals surface area (Å²) < 4.78 is 0. The third kappa shape index (κ3) is 2.61. The van der Waals surface area contributed by atoms with Crippen LogP contribution in [-0.4, -0.2) is 35.7 Å². The van der Waals surface area contributed by atoms with Gasteiger partial charge in [-0.1, -0.05) is 25.5 Å². The topological polar surface area (TPSA) is 23.5 Å². The standard InChI is InChI=1S/C10H19NO/c1-2-11-8-4-3-6-10(11)7-5-9-12/h5,7,10,12H,2-4,6,8-9H2,1H3/b7-5-. The number of nitrogens with zero attached hydrogens (tertiary/aromatic N) is 1. The zero-order valence-corrected chi connectivity index (χ0v) is 7.87. The molecular weight excluding hydrogens is 150 g/mol. The van der Waals surface area contributed by atoms with E-state index < -0.39 is 0 Å². The Balaban J connectivity index is 2.41. The van der Waals surface area contributed by atoms with Crippen LogP contribution < -0.4 is 0 Å². The van der Waals surface area contributed by atoms with Gasteiger partial charge < -0.3 is 5.11 Å². The molecule has 0 aromatic carbocycles. The average Bonchev–Trinajstić information content (AvgIpc) is 2.15. The summed E-state index contributed by atoms with van der Waals surface area (Å²) in [6.07, 6.45) is 7.92. The van der Waals surface area contributed by atoms with Crippen molar-refractivity contribution in [3.63, 3.8) is 0 Å². The third-order valence-electron chi connectivity index (χ3n) is 2.53. The van der Waals surface area contributed by atoms with Gasteiger partial charge >= 0.3 is 0 Å². The summed E-state index contributed by atoms with van der Waals surface area (Å²) in [6.45, 7) is 4.72. The van der Waals surface area contributed by atoms with Crippen molar-refractivity contribution < 1.29 is 5.11 Å². The summed E-state index contributed by atoms with van der Waals surface area (Å²) >= 11 is 0. The molecule has 0 aliphatic carbocycles. The van der Waals surface area contributed by atoms with Crippen molar-refractivity contribution >= 4 is 0 Å². The zero-order valence-electron chi connectivity index (χ0n) is 7.87. The first-order valence-corrected chi connectivity index (χ1v) is 4.90. The Kier molecular flexibility index (Phi) is 4.33. The molecule has 0 aromatic heterocycles. The first-order chi connectivity index (χ1) is 5.88. The molecule has 1 aliphatic rings. The second-order valence-electron chi connectivity index (χ2n) is 3.30. The predicted molar refractivity (Wildman–Crippen MR) is 51.1 cm³/mol. The number of likely N-dealkylation sites (tertiary alicyclic amines) is 1. The lowest BCUT2D eigenvalue weighted by Crippen LogP contribution is -2.37. The Morgan fingerprint density at radius 1 is 1.50 bits per heavy atom. The van der Waals surface area contributed by atoms with E-state index in [0.717, 1.165) is 6.54 Å². The fourth-order valence-corrected chi connectivity index (χ4v) is 1.85. The second kappa shape index (κ2) is 5.33. The minimum absolute atomic E-state index is 0.175. The molecule has 1 unspecified atom stereocenters. The molecule has 12 heavy (non-hydrogen) atoms. The van der Waals surface area contributed by atoms with Crippen LogP contribution in [0.1, 0.15) is 26.2 Å². The normalized spacial score (nSPS) is 26.7. The zero-order chi connectivity index (χ0) is 8.81. The van der Waals surface area contributed by atoms with E-state index in [1.54, 1.807) is 0 Å². The van der Waals surface area contributed by atoms with Crippen LogP contribution >= 0.6 is 0 Å². The molecule has 2 nitrogen and oxygen atoms in total. The molecule has 1 aliphatic heterocycles. The van der Waals surface area contributed by atoms with Crippen LogP contribution in [0.5, 0.6) is 0 Å². The van der Waals surface area contributed by atoms with Crippen molar-refractivity contribution in [1.29, 1.82) is 0 Å². The third-order valence-corrected chi connectivity index (χ3v) is 2.53. The van der Waals surface area contributed by atoms with Crippen LogP contribution in [0, 0.1) is 0 Å². The largest absolute Gasteiger partial charge is 0.392 e. The van der Waals surface area contributed by atoms with E-state index in [9.17, 15) is 0 Å². The molecule has 0 radical (unpaired) electrons. The smallest absolute Gasteiger partial charge is 0.0612 e. The molecule has 1 N–H and O–H groups in total. The average molecular weight is 169 g/mol. The molecule has 0 amide bonds. The van der Waals surface area contributed by atoms with Gasteiger partial charge in [0.25, 0.3) is 0 Å². The summed E-state index contributed by atoms with van der Waals surface area (Å²) in [4.78, 5) is 2.47. The quantitative estimate of drug-likeness (QED) is 0.646. The molecular formula is C10H19NO. The van der Waals surface area contributed by atoms with Gasteiger partial charge in [-0.25, -0.2) is 0 Å². The summed E-state index contributed by atoms with van der Waals surface area (Å²) in [5.74, 6) is 0. The minimum Gasteiger partial charge on any atom is -0.392 e. The number of hydrogen-bond acceptors (Lipinski definition) is 2. The van der Waals surface area contributed by atoms with E-state index >= 15 is 0 Å². The van der Waals surface area contributed by atoms with Crippen LogP contribution in [0.4, 0.5) is 0 Å². The summed E-state index contributed by atoms with van der Waals surface area (Å²) in [5.41, 5.74) is 0. The molecule has 1 atom stereocenters. The van der Waals surface area contributed by atoms with Crippen molar-refractivity contribution in [2.75, 3.05) is 19.7 Å². The lowest BCUT2D eigenvalue weighted by molar-refractivity contribution is 0.188. The van der Waals surface area contributed by atoms with E-state index in [0.29, 0.717) is 6.04 Å². The van der Waals surface area contributed by atoms with Crippen LogP contribution in [0.2, 0.25) is 0 Å². The summed E-state index contributed by atoms with van der Waals surface area (Å²) in [5, 5.41) is 8.65. The van der Waals surface area contributed by atoms with Gasteiger partial charge in [-0.05, 0) is 25.9 Å². The van der Waals surface area contributed by atoms with Gasteiger partial charge in [0.15, 0.2) is 0 Å². The number of likely N-dealkylation sites (N-methyl/N-ethyl adjacent to an activating group) is 1. The van der Waals surface area contributed by atoms with Gasteiger partial charge in [-0.2, -0.15) is 0 Å². The first-order valence-electron chi connectivity index (χ1n) is 4.90. The van der Waals surface area contributed by atoms with Gasteiger partial charge in [-0.3, -0.25) is 4.90 Å². The van der Waals surface area contributed by atoms with Crippen LogP contribution in [0.25, 0.3) is 0 Å². The minimum atomic E-state index is 0.175. The van der Waals surface area contributed by atoms with Crippen LogP contribution in [0.15, 0.2) is 12.2 Å². The highest BCUT2D eigenvalue weighted by molar-refractivity contribution is 4.95. The molecule has 0 bridgehead atoms. The maximum absolute atomic E-state index is 8.65. The van der Waals surface area contributed by atoms with Crippen LogP contribution in [-0.2, 0) is 0 Å². The highest BCUT2D eigenvalue weighted by Crippen LogP contribution is 2.17. The lowest BCUT2D eigenvalue weighted by Gasteiger charge is -2.32. The fraction of sp³-hybridized carbons (Fsp3) is 0.800. The Hall–Kier alpha value is -0.340. The van der Waals surface area contributed by atoms with Crippen molar-refractivity contribution in [2.24, 2.45) is 0 Å². The number of aliphatic hydroxyl groups is 1. The van der Waals surface area contributed by atoms with E-state index in [1.807, 2.05) is 6.08 Å². The number of rotatable bonds is 3. The number of aliphatic hydroxyl groups excluding tert-OH is 1. The van der Waals surface area contributed by atoms with Crippen molar-refractivity contribution in [1.82, 2.24) is 4.90 Å². The van der Waals surface area contributed by atoms with E-state index in [2.05, 4.69) is 17.9 Å². The van der Waals surface area contributed by atoms with Crippen LogP contribution in [0.3, 0.4) is 0 Å². The second-order valence-corrected chi connectivity index (χ2v) is 3.30. The van der Waals surface area contributed by atoms with E-state index in [-0.39, 0.29) is 6.61 Å². The lowest BCUT2D eigenvalue weighted by atomic mass is 10.0. The van der Waals surface area contributed by atoms with E-state index in [1.165, 1.54) is 25.8 Å². The molecule has 2 heteroatoms. The predicted octanol–water partition coefficient (Wildman–Crippen LogP) is 1.41. The first kappa shape index (κ1) is 9.75. The molecule has 1 saturated heterocycles. The van der Waals surface area contributed by atoms with Gasteiger partial charge in [-0.15, -0.1) is 0 Å². The highest BCUT2D eigenvalue weighted by Gasteiger charge is 2.17. The van der Waals surface area contributed by atoms with Crippen molar-refractivity contribution in [3.05, 3.63) is 12.2 Å². The number of hydrogen-bond donors (Lipinski definition) is 1. The summed E-state index contributed by atoms with van der Waals surface area (Å²) in [6, 6.07) is 0.580. The Labute approximate surface area is 74.9 Å². The van der Waals surface area contributed by atoms with Gasteiger partial charge in [0.05, 0.1) is 6.61 Å². The maximum Gasteiger partial charge on any atom is 0.0612 e. The molecule has 0 saturated carbocycles. The van der Waals surface area contributed by atoms with Crippen molar-refractivity contribution in [2.45, 2.75) is 32.2 Å². The Bertz CT molecular complexity index is 145. The molecule has 1 heterocycles. The highest BCUT2D eigenvalue weighted by atomic mass is 16.2. The molecule has 0 spiro atoms. The monoisotopic (exact) mass is 169 g/mol. The van der Waals surface area contributed by atoms with E-state index in [4.69, 9.17) is 5.11 Å². The van der Waals surface area contributed by atoms with Gasteiger partial charge in [0.1, 0.15) is 0 Å².